The Kier molecular flexibility index (Phi) is 2.77. The third kappa shape index (κ3) is 2.21. The third-order valence-electron chi connectivity index (χ3n) is 2.16. The molecule has 0 amide bonds. The molecule has 0 aliphatic carbocycles. The van der Waals surface area contributed by atoms with Crippen LogP contribution in [0.3, 0.4) is 0 Å². The summed E-state index contributed by atoms with van der Waals surface area (Å²) in [6.07, 6.45) is 0.162. The first-order chi connectivity index (χ1) is 7.22. The number of carbonyl (C=O) groups is 1. The maximum atomic E-state index is 11.2. The van der Waals surface area contributed by atoms with E-state index in [0.717, 1.165) is 16.3 Å². The van der Waals surface area contributed by atoms with E-state index in [-0.39, 0.29) is 11.9 Å². The maximum absolute atomic E-state index is 11.2. The van der Waals surface area contributed by atoms with Gasteiger partial charge >= 0.3 is 6.21 Å². The largest absolute Gasteiger partial charge is 0.361 e. The maximum Gasteiger partial charge on any atom is 0.326 e. The normalized spacial score (nSPS) is 23.0. The Morgan fingerprint density at radius 3 is 2.73 bits per heavy atom. The quantitative estimate of drug-likeness (QED) is 0.362. The monoisotopic (exact) mass is 266 g/mol. The van der Waals surface area contributed by atoms with E-state index in [9.17, 15) is 4.79 Å². The smallest absolute Gasteiger partial charge is 0.326 e. The lowest BCUT2D eigenvalue weighted by Crippen LogP contribution is -2.09. The number of ether oxygens (including phenoxy) is 1. The number of epoxide rings is 1. The highest BCUT2D eigenvalue weighted by atomic mass is 79.9. The molecule has 1 saturated heterocycles. The lowest BCUT2D eigenvalue weighted by molar-refractivity contribution is -0.117. The van der Waals surface area contributed by atoms with Crippen molar-refractivity contribution < 1.29 is 14.3 Å². The Bertz CT molecular complexity index is 437. The van der Waals surface area contributed by atoms with E-state index in [1.54, 1.807) is 0 Å². The number of hydrogen-bond acceptors (Lipinski definition) is 2. The van der Waals surface area contributed by atoms with E-state index >= 15 is 0 Å². The first-order valence-corrected chi connectivity index (χ1v) is 5.14. The second-order valence-electron chi connectivity index (χ2n) is 3.18. The van der Waals surface area contributed by atoms with Crippen molar-refractivity contribution >= 4 is 27.9 Å². The molecule has 0 radical (unpaired) electrons. The summed E-state index contributed by atoms with van der Waals surface area (Å²) in [5.74, 6) is -0.314. The molecule has 1 aromatic carbocycles. The molecular weight excluding hydrogens is 260 g/mol. The van der Waals surface area contributed by atoms with Crippen LogP contribution in [0, 0.1) is 0 Å². The van der Waals surface area contributed by atoms with Crippen LogP contribution in [-0.2, 0) is 9.53 Å². The topological polar surface area (TPSA) is 66.0 Å². The van der Waals surface area contributed by atoms with Gasteiger partial charge in [-0.15, -0.1) is 0 Å². The van der Waals surface area contributed by atoms with E-state index in [2.05, 4.69) is 20.7 Å². The van der Waals surface area contributed by atoms with Crippen LogP contribution in [0.25, 0.3) is 5.53 Å². The summed E-state index contributed by atoms with van der Waals surface area (Å²) in [6.45, 7) is 0. The van der Waals surface area contributed by atoms with Crippen molar-refractivity contribution in [1.82, 2.24) is 0 Å². The average Bonchev–Trinajstić information content (AvgIpc) is 2.99. The molecular formula is C10H7BrN2O2. The van der Waals surface area contributed by atoms with E-state index in [1.807, 2.05) is 24.3 Å². The molecule has 1 heterocycles. The van der Waals surface area contributed by atoms with Crippen molar-refractivity contribution in [3.63, 3.8) is 0 Å². The minimum atomic E-state index is -0.498. The first kappa shape index (κ1) is 10.2. The molecule has 5 heteroatoms. The van der Waals surface area contributed by atoms with Gasteiger partial charge in [0, 0.05) is 4.47 Å². The van der Waals surface area contributed by atoms with E-state index in [1.165, 1.54) is 0 Å². The van der Waals surface area contributed by atoms with Gasteiger partial charge in [-0.2, -0.15) is 4.79 Å². The predicted octanol–water partition coefficient (Wildman–Crippen LogP) is 1.76. The van der Waals surface area contributed by atoms with Crippen molar-refractivity contribution in [3.8, 4) is 0 Å². The van der Waals surface area contributed by atoms with Crippen LogP contribution in [0.2, 0.25) is 0 Å². The fraction of sp³-hybridized carbons (Fsp3) is 0.200. The van der Waals surface area contributed by atoms with Gasteiger partial charge in [0.1, 0.15) is 6.10 Å². The molecule has 0 spiro atoms. The fourth-order valence-electron chi connectivity index (χ4n) is 1.37. The van der Waals surface area contributed by atoms with Gasteiger partial charge < -0.3 is 10.3 Å². The zero-order valence-corrected chi connectivity index (χ0v) is 9.22. The minimum Gasteiger partial charge on any atom is -0.361 e. The Balaban J connectivity index is 2.08. The molecule has 1 aromatic rings. The van der Waals surface area contributed by atoms with Gasteiger partial charge in [0.05, 0.1) is 0 Å². The molecule has 1 aliphatic rings. The molecule has 2 rings (SSSR count). The van der Waals surface area contributed by atoms with Crippen LogP contribution in [0.1, 0.15) is 11.7 Å². The summed E-state index contributed by atoms with van der Waals surface area (Å²) in [7, 11) is 0. The van der Waals surface area contributed by atoms with Crippen molar-refractivity contribution in [2.75, 3.05) is 0 Å². The van der Waals surface area contributed by atoms with Crippen LogP contribution >= 0.6 is 15.9 Å². The SMILES string of the molecule is [N-]=[N+]=CC(=O)[C@@H]1O[C@H]1c1ccc(Br)cc1. The summed E-state index contributed by atoms with van der Waals surface area (Å²) in [4.78, 5) is 13.9. The van der Waals surface area contributed by atoms with E-state index in [0.29, 0.717) is 0 Å². The lowest BCUT2D eigenvalue weighted by Gasteiger charge is -1.94. The van der Waals surface area contributed by atoms with Crippen LogP contribution in [0.4, 0.5) is 0 Å². The van der Waals surface area contributed by atoms with Gasteiger partial charge in [-0.05, 0) is 17.7 Å². The number of benzene rings is 1. The van der Waals surface area contributed by atoms with Crippen LogP contribution in [0.15, 0.2) is 28.7 Å². The second kappa shape index (κ2) is 4.06. The molecule has 4 nitrogen and oxygen atoms in total. The second-order valence-corrected chi connectivity index (χ2v) is 4.09. The Morgan fingerprint density at radius 2 is 2.13 bits per heavy atom. The number of Topliss-reactive ketones (excluding diaryl/α,β-unsaturated/α-hetero) is 1. The molecule has 0 bridgehead atoms. The van der Waals surface area contributed by atoms with Gasteiger partial charge in [-0.25, -0.2) is 0 Å². The predicted molar refractivity (Wildman–Crippen MR) is 56.4 cm³/mol. The molecule has 76 valence electrons. The third-order valence-corrected chi connectivity index (χ3v) is 2.68. The highest BCUT2D eigenvalue weighted by Gasteiger charge is 2.46. The highest BCUT2D eigenvalue weighted by Crippen LogP contribution is 2.39. The summed E-state index contributed by atoms with van der Waals surface area (Å²) >= 11 is 3.32. The number of halogens is 1. The van der Waals surface area contributed by atoms with Gasteiger partial charge in [0.15, 0.2) is 6.10 Å². The van der Waals surface area contributed by atoms with Gasteiger partial charge in [0.25, 0.3) is 5.78 Å². The minimum absolute atomic E-state index is 0.205. The van der Waals surface area contributed by atoms with Gasteiger partial charge in [-0.3, -0.25) is 4.79 Å². The Hall–Kier alpha value is -1.29. The highest BCUT2D eigenvalue weighted by molar-refractivity contribution is 9.10. The van der Waals surface area contributed by atoms with E-state index in [4.69, 9.17) is 10.3 Å². The number of carbonyl (C=O) groups excluding carboxylic acids is 1. The lowest BCUT2D eigenvalue weighted by atomic mass is 10.1. The number of hydrogen-bond donors (Lipinski definition) is 0. The number of rotatable bonds is 3. The zero-order chi connectivity index (χ0) is 10.8. The molecule has 1 fully saturated rings. The fourth-order valence-corrected chi connectivity index (χ4v) is 1.63. The van der Waals surface area contributed by atoms with Crippen molar-refractivity contribution in [3.05, 3.63) is 39.8 Å². The Morgan fingerprint density at radius 1 is 1.47 bits per heavy atom. The molecule has 0 N–H and O–H groups in total. The van der Waals surface area contributed by atoms with Gasteiger partial charge in [-0.1, -0.05) is 28.1 Å². The summed E-state index contributed by atoms with van der Waals surface area (Å²) in [6, 6.07) is 7.55. The molecule has 0 aromatic heterocycles. The summed E-state index contributed by atoms with van der Waals surface area (Å²) in [5.41, 5.74) is 9.14. The van der Waals surface area contributed by atoms with Crippen molar-refractivity contribution in [2.24, 2.45) is 0 Å². The number of nitrogens with zero attached hydrogens (tertiary/aromatic N) is 2. The molecule has 15 heavy (non-hydrogen) atoms. The molecule has 1 aliphatic heterocycles. The zero-order valence-electron chi connectivity index (χ0n) is 7.63. The van der Waals surface area contributed by atoms with Crippen molar-refractivity contribution in [2.45, 2.75) is 12.2 Å². The average molecular weight is 267 g/mol. The standard InChI is InChI=1S/C10H7BrN2O2/c11-7-3-1-6(2-4-7)9-10(15-9)8(14)5-13-12/h1-5,9-10H/t9-,10-/m0/s1. The van der Waals surface area contributed by atoms with Crippen LogP contribution in [-0.4, -0.2) is 22.9 Å². The first-order valence-electron chi connectivity index (χ1n) is 4.34. The van der Waals surface area contributed by atoms with E-state index < -0.39 is 6.10 Å². The molecule has 0 saturated carbocycles. The Labute approximate surface area is 94.6 Å². The van der Waals surface area contributed by atoms with Gasteiger partial charge in [0.2, 0.25) is 0 Å². The molecule has 2 atom stereocenters. The number of ketones is 1. The van der Waals surface area contributed by atoms with Crippen LogP contribution in [0.5, 0.6) is 0 Å². The molecule has 0 unspecified atom stereocenters. The van der Waals surface area contributed by atoms with Crippen molar-refractivity contribution in [1.29, 1.82) is 0 Å². The summed E-state index contributed by atoms with van der Waals surface area (Å²) < 4.78 is 6.17. The summed E-state index contributed by atoms with van der Waals surface area (Å²) in [5, 5.41) is 0. The van der Waals surface area contributed by atoms with Crippen LogP contribution < -0.4 is 0 Å².